The maximum atomic E-state index is 13.1. The molecule has 0 radical (unpaired) electrons. The molecule has 2 aromatic carbocycles. The average Bonchev–Trinajstić information content (AvgIpc) is 3.12. The van der Waals surface area contributed by atoms with Crippen LogP contribution in [-0.4, -0.2) is 29.6 Å². The summed E-state index contributed by atoms with van der Waals surface area (Å²) in [4.78, 5) is 19.8. The number of para-hydroxylation sites is 1. The number of anilines is 1. The standard InChI is InChI=1S/C21H20F3N3O2/c22-21(23,24)16-8-4-5-9-17(16)25-19(28)27-12-10-20(11-13-27)14-18(26-29-20)15-6-2-1-3-7-15/h1-9,14,26H,10-13H2,(H,25,28). The van der Waals surface area contributed by atoms with Crippen molar-refractivity contribution in [2.45, 2.75) is 24.6 Å². The SMILES string of the molecule is O=C(Nc1ccccc1C(F)(F)F)N1CCC2(C=C(c3ccccc3)NO2)CC1. The molecule has 8 heteroatoms. The Morgan fingerprint density at radius 1 is 1.03 bits per heavy atom. The molecular weight excluding hydrogens is 383 g/mol. The van der Waals surface area contributed by atoms with E-state index >= 15 is 0 Å². The van der Waals surface area contributed by atoms with Gasteiger partial charge in [0.05, 0.1) is 16.9 Å². The number of alkyl halides is 3. The molecule has 1 saturated heterocycles. The summed E-state index contributed by atoms with van der Waals surface area (Å²) in [6.45, 7) is 0.751. The van der Waals surface area contributed by atoms with Crippen LogP contribution in [0, 0.1) is 0 Å². The van der Waals surface area contributed by atoms with Crippen LogP contribution in [0.2, 0.25) is 0 Å². The van der Waals surface area contributed by atoms with Gasteiger partial charge in [-0.05, 0) is 23.8 Å². The van der Waals surface area contributed by atoms with Crippen LogP contribution in [0.15, 0.2) is 60.7 Å². The lowest BCUT2D eigenvalue weighted by Gasteiger charge is -2.36. The van der Waals surface area contributed by atoms with Crippen LogP contribution < -0.4 is 10.8 Å². The van der Waals surface area contributed by atoms with Gasteiger partial charge in [-0.25, -0.2) is 4.79 Å². The van der Waals surface area contributed by atoms with E-state index in [4.69, 9.17) is 4.84 Å². The van der Waals surface area contributed by atoms with Crippen LogP contribution in [0.5, 0.6) is 0 Å². The van der Waals surface area contributed by atoms with E-state index < -0.39 is 23.4 Å². The van der Waals surface area contributed by atoms with Gasteiger partial charge >= 0.3 is 12.2 Å². The summed E-state index contributed by atoms with van der Waals surface area (Å²) in [5.74, 6) is 0. The summed E-state index contributed by atoms with van der Waals surface area (Å²) in [5.41, 5.74) is 3.22. The third kappa shape index (κ3) is 4.07. The van der Waals surface area contributed by atoms with Crippen molar-refractivity contribution in [3.8, 4) is 0 Å². The Balaban J connectivity index is 1.41. The Bertz CT molecular complexity index is 920. The highest BCUT2D eigenvalue weighted by Gasteiger charge is 2.40. The molecule has 1 spiro atoms. The lowest BCUT2D eigenvalue weighted by Crippen LogP contribution is -2.48. The van der Waals surface area contributed by atoms with Crippen molar-refractivity contribution in [2.75, 3.05) is 18.4 Å². The fourth-order valence-electron chi connectivity index (χ4n) is 3.61. The largest absolute Gasteiger partial charge is 0.418 e. The van der Waals surface area contributed by atoms with E-state index in [2.05, 4.69) is 10.8 Å². The number of hydrogen-bond donors (Lipinski definition) is 2. The summed E-state index contributed by atoms with van der Waals surface area (Å²) in [6.07, 6.45) is -1.41. The summed E-state index contributed by atoms with van der Waals surface area (Å²) in [7, 11) is 0. The summed E-state index contributed by atoms with van der Waals surface area (Å²) < 4.78 is 39.4. The van der Waals surface area contributed by atoms with Gasteiger partial charge in [-0.15, -0.1) is 0 Å². The fourth-order valence-corrected chi connectivity index (χ4v) is 3.61. The molecule has 5 nitrogen and oxygen atoms in total. The summed E-state index contributed by atoms with van der Waals surface area (Å²) >= 11 is 0. The molecule has 29 heavy (non-hydrogen) atoms. The van der Waals surface area contributed by atoms with E-state index in [0.29, 0.717) is 25.9 Å². The van der Waals surface area contributed by atoms with Gasteiger partial charge in [0.1, 0.15) is 5.60 Å². The molecular formula is C21H20F3N3O2. The van der Waals surface area contributed by atoms with Gasteiger partial charge in [-0.1, -0.05) is 42.5 Å². The minimum Gasteiger partial charge on any atom is -0.324 e. The smallest absolute Gasteiger partial charge is 0.324 e. The van der Waals surface area contributed by atoms with Gasteiger partial charge in [0, 0.05) is 25.9 Å². The van der Waals surface area contributed by atoms with E-state index in [1.54, 1.807) is 0 Å². The highest BCUT2D eigenvalue weighted by molar-refractivity contribution is 5.90. The van der Waals surface area contributed by atoms with E-state index in [1.807, 2.05) is 36.4 Å². The number of amides is 2. The van der Waals surface area contributed by atoms with Crippen molar-refractivity contribution < 1.29 is 22.8 Å². The molecule has 2 aromatic rings. The lowest BCUT2D eigenvalue weighted by atomic mass is 9.90. The number of nitrogens with one attached hydrogen (secondary N) is 2. The maximum absolute atomic E-state index is 13.1. The average molecular weight is 403 g/mol. The van der Waals surface area contributed by atoms with Gasteiger partial charge in [-0.3, -0.25) is 10.3 Å². The zero-order chi connectivity index (χ0) is 20.5. The fraction of sp³-hybridized carbons (Fsp3) is 0.286. The first-order valence-corrected chi connectivity index (χ1v) is 9.31. The third-order valence-corrected chi connectivity index (χ3v) is 5.23. The second kappa shape index (κ2) is 7.44. The lowest BCUT2D eigenvalue weighted by molar-refractivity contribution is -0.136. The van der Waals surface area contributed by atoms with Crippen molar-refractivity contribution in [3.05, 3.63) is 71.8 Å². The number of hydrogen-bond acceptors (Lipinski definition) is 3. The number of carbonyl (C=O) groups excluding carboxylic acids is 1. The zero-order valence-corrected chi connectivity index (χ0v) is 15.5. The van der Waals surface area contributed by atoms with Crippen LogP contribution in [0.25, 0.3) is 5.70 Å². The first-order chi connectivity index (χ1) is 13.9. The minimum atomic E-state index is -4.53. The molecule has 2 N–H and O–H groups in total. The number of piperidine rings is 1. The van der Waals surface area contributed by atoms with E-state index in [9.17, 15) is 18.0 Å². The Hall–Kier alpha value is -3.00. The van der Waals surface area contributed by atoms with Crippen molar-refractivity contribution in [1.29, 1.82) is 0 Å². The van der Waals surface area contributed by atoms with Gasteiger partial charge in [0.25, 0.3) is 0 Å². The zero-order valence-electron chi connectivity index (χ0n) is 15.5. The van der Waals surface area contributed by atoms with Gasteiger partial charge in [0.2, 0.25) is 0 Å². The topological polar surface area (TPSA) is 53.6 Å². The predicted octanol–water partition coefficient (Wildman–Crippen LogP) is 4.65. The van der Waals surface area contributed by atoms with Gasteiger partial charge in [-0.2, -0.15) is 13.2 Å². The molecule has 1 fully saturated rings. The van der Waals surface area contributed by atoms with Crippen molar-refractivity contribution in [1.82, 2.24) is 10.4 Å². The number of likely N-dealkylation sites (tertiary alicyclic amines) is 1. The number of halogens is 3. The van der Waals surface area contributed by atoms with E-state index in [0.717, 1.165) is 17.3 Å². The molecule has 0 aromatic heterocycles. The molecule has 0 saturated carbocycles. The van der Waals surface area contributed by atoms with Crippen LogP contribution >= 0.6 is 0 Å². The predicted molar refractivity (Wildman–Crippen MR) is 103 cm³/mol. The monoisotopic (exact) mass is 403 g/mol. The summed E-state index contributed by atoms with van der Waals surface area (Å²) in [6, 6.07) is 14.2. The highest BCUT2D eigenvalue weighted by Crippen LogP contribution is 2.36. The quantitative estimate of drug-likeness (QED) is 0.768. The Kier molecular flexibility index (Phi) is 4.96. The molecule has 152 valence electrons. The maximum Gasteiger partial charge on any atom is 0.418 e. The van der Waals surface area contributed by atoms with Crippen molar-refractivity contribution >= 4 is 17.4 Å². The first-order valence-electron chi connectivity index (χ1n) is 9.31. The van der Waals surface area contributed by atoms with Crippen molar-refractivity contribution in [2.24, 2.45) is 0 Å². The normalized spacial score (nSPS) is 18.3. The first kappa shape index (κ1) is 19.3. The molecule has 4 rings (SSSR count). The molecule has 2 aliphatic rings. The number of benzene rings is 2. The number of hydroxylamine groups is 1. The molecule has 2 amide bonds. The molecule has 0 atom stereocenters. The molecule has 0 aliphatic carbocycles. The van der Waals surface area contributed by atoms with E-state index in [-0.39, 0.29) is 5.69 Å². The van der Waals surface area contributed by atoms with Crippen molar-refractivity contribution in [3.63, 3.8) is 0 Å². The molecule has 0 unspecified atom stereocenters. The number of rotatable bonds is 2. The number of carbonyl (C=O) groups is 1. The number of nitrogens with zero attached hydrogens (tertiary/aromatic N) is 1. The van der Waals surface area contributed by atoms with Crippen LogP contribution in [0.4, 0.5) is 23.7 Å². The Morgan fingerprint density at radius 3 is 2.38 bits per heavy atom. The summed E-state index contributed by atoms with van der Waals surface area (Å²) in [5, 5.41) is 2.40. The van der Waals surface area contributed by atoms with E-state index in [1.165, 1.54) is 23.1 Å². The van der Waals surface area contributed by atoms with Gasteiger partial charge in [0.15, 0.2) is 0 Å². The molecule has 2 aliphatic heterocycles. The van der Waals surface area contributed by atoms with Crippen LogP contribution in [-0.2, 0) is 11.0 Å². The van der Waals surface area contributed by atoms with Crippen LogP contribution in [0.1, 0.15) is 24.0 Å². The third-order valence-electron chi connectivity index (χ3n) is 5.23. The second-order valence-electron chi connectivity index (χ2n) is 7.15. The van der Waals surface area contributed by atoms with Crippen LogP contribution in [0.3, 0.4) is 0 Å². The molecule has 2 heterocycles. The minimum absolute atomic E-state index is 0.240. The second-order valence-corrected chi connectivity index (χ2v) is 7.15. The molecule has 0 bridgehead atoms. The Morgan fingerprint density at radius 2 is 1.69 bits per heavy atom. The van der Waals surface area contributed by atoms with Gasteiger partial charge < -0.3 is 10.2 Å². The Labute approximate surface area is 166 Å². The number of urea groups is 1. The highest BCUT2D eigenvalue weighted by atomic mass is 19.4.